The summed E-state index contributed by atoms with van der Waals surface area (Å²) in [5.41, 5.74) is 1.81. The Bertz CT molecular complexity index is 1190. The molecule has 148 valence electrons. The van der Waals surface area contributed by atoms with E-state index in [9.17, 15) is 4.79 Å². The van der Waals surface area contributed by atoms with Gasteiger partial charge in [-0.05, 0) is 42.3 Å². The van der Waals surface area contributed by atoms with E-state index < -0.39 is 0 Å². The van der Waals surface area contributed by atoms with Gasteiger partial charge in [0.2, 0.25) is 5.91 Å². The smallest absolute Gasteiger partial charge is 0.233 e. The lowest BCUT2D eigenvalue weighted by molar-refractivity contribution is -0.117. The summed E-state index contributed by atoms with van der Waals surface area (Å²) in [6.07, 6.45) is 3.65. The number of hydrogen-bond acceptors (Lipinski definition) is 5. The van der Waals surface area contributed by atoms with Crippen molar-refractivity contribution in [2.75, 3.05) is 12.4 Å². The SMILES string of the molecule is COc1ccc2cc([C@H](C)C(=O)Nc3nc(C)c(-c4nccn4C)s3)ccc2c1. The van der Waals surface area contributed by atoms with Crippen LogP contribution in [0.25, 0.3) is 21.5 Å². The molecule has 1 N–H and O–H groups in total. The van der Waals surface area contributed by atoms with E-state index in [1.54, 1.807) is 13.3 Å². The number of rotatable bonds is 5. The molecule has 4 rings (SSSR count). The number of carbonyl (C=O) groups is 1. The van der Waals surface area contributed by atoms with Gasteiger partial charge < -0.3 is 14.6 Å². The van der Waals surface area contributed by atoms with Crippen molar-refractivity contribution in [1.82, 2.24) is 14.5 Å². The number of amides is 1. The minimum Gasteiger partial charge on any atom is -0.497 e. The maximum absolute atomic E-state index is 12.8. The molecule has 6 nitrogen and oxygen atoms in total. The molecule has 0 bridgehead atoms. The van der Waals surface area contributed by atoms with E-state index in [-0.39, 0.29) is 11.8 Å². The highest BCUT2D eigenvalue weighted by Crippen LogP contribution is 2.32. The fourth-order valence-electron chi connectivity index (χ4n) is 3.25. The van der Waals surface area contributed by atoms with Crippen LogP contribution in [0.1, 0.15) is 24.1 Å². The third kappa shape index (κ3) is 3.73. The monoisotopic (exact) mass is 406 g/mol. The van der Waals surface area contributed by atoms with E-state index in [4.69, 9.17) is 4.74 Å². The summed E-state index contributed by atoms with van der Waals surface area (Å²) in [4.78, 5) is 22.7. The van der Waals surface area contributed by atoms with Crippen LogP contribution in [0.5, 0.6) is 5.75 Å². The number of aromatic nitrogens is 3. The number of aryl methyl sites for hydroxylation is 2. The van der Waals surface area contributed by atoms with Gasteiger partial charge in [-0.2, -0.15) is 0 Å². The number of anilines is 1. The van der Waals surface area contributed by atoms with E-state index in [2.05, 4.69) is 15.3 Å². The highest BCUT2D eigenvalue weighted by Gasteiger charge is 2.19. The van der Waals surface area contributed by atoms with Crippen LogP contribution in [0.3, 0.4) is 0 Å². The number of hydrogen-bond donors (Lipinski definition) is 1. The van der Waals surface area contributed by atoms with Crippen molar-refractivity contribution in [3.05, 3.63) is 60.0 Å². The summed E-state index contributed by atoms with van der Waals surface area (Å²) < 4.78 is 7.22. The Morgan fingerprint density at radius 1 is 1.21 bits per heavy atom. The van der Waals surface area contributed by atoms with Crippen molar-refractivity contribution in [1.29, 1.82) is 0 Å². The summed E-state index contributed by atoms with van der Waals surface area (Å²) >= 11 is 1.44. The Balaban J connectivity index is 1.54. The van der Waals surface area contributed by atoms with Gasteiger partial charge in [0, 0.05) is 19.4 Å². The predicted octanol–water partition coefficient (Wildman–Crippen LogP) is 4.76. The molecule has 0 unspecified atom stereocenters. The van der Waals surface area contributed by atoms with Crippen molar-refractivity contribution in [2.24, 2.45) is 7.05 Å². The molecular weight excluding hydrogens is 384 g/mol. The predicted molar refractivity (Wildman–Crippen MR) is 117 cm³/mol. The molecule has 0 aliphatic rings. The van der Waals surface area contributed by atoms with E-state index in [1.165, 1.54) is 11.3 Å². The molecule has 29 heavy (non-hydrogen) atoms. The minimum absolute atomic E-state index is 0.0852. The van der Waals surface area contributed by atoms with Gasteiger partial charge in [-0.25, -0.2) is 9.97 Å². The molecule has 2 aromatic heterocycles. The molecule has 0 radical (unpaired) electrons. The molecule has 4 aromatic rings. The first-order chi connectivity index (χ1) is 14.0. The second-order valence-electron chi connectivity index (χ2n) is 6.98. The molecule has 0 saturated heterocycles. The fraction of sp³-hybridized carbons (Fsp3) is 0.227. The van der Waals surface area contributed by atoms with Gasteiger partial charge >= 0.3 is 0 Å². The van der Waals surface area contributed by atoms with Crippen molar-refractivity contribution in [2.45, 2.75) is 19.8 Å². The summed E-state index contributed by atoms with van der Waals surface area (Å²) in [6, 6.07) is 12.0. The van der Waals surface area contributed by atoms with Gasteiger partial charge in [-0.1, -0.05) is 35.6 Å². The van der Waals surface area contributed by atoms with Crippen molar-refractivity contribution in [3.63, 3.8) is 0 Å². The molecule has 0 aliphatic carbocycles. The first-order valence-electron chi connectivity index (χ1n) is 9.30. The van der Waals surface area contributed by atoms with Gasteiger partial charge in [-0.3, -0.25) is 4.79 Å². The zero-order valence-corrected chi connectivity index (χ0v) is 17.6. The summed E-state index contributed by atoms with van der Waals surface area (Å²) in [7, 11) is 3.60. The standard InChI is InChI=1S/C22H22N4O2S/c1-13(15-5-6-17-12-18(28-4)8-7-16(17)11-15)21(27)25-22-24-14(2)19(29-22)20-23-9-10-26(20)3/h5-13H,1-4H3,(H,24,25,27)/t13-/m0/s1. The topological polar surface area (TPSA) is 69.0 Å². The number of thiazole rings is 1. The van der Waals surface area contributed by atoms with Gasteiger partial charge in [0.1, 0.15) is 5.75 Å². The van der Waals surface area contributed by atoms with Crippen LogP contribution in [-0.4, -0.2) is 27.6 Å². The van der Waals surface area contributed by atoms with Crippen LogP contribution < -0.4 is 10.1 Å². The number of imidazole rings is 1. The van der Waals surface area contributed by atoms with Crippen LogP contribution in [0.15, 0.2) is 48.8 Å². The summed E-state index contributed by atoms with van der Waals surface area (Å²) in [6.45, 7) is 3.83. The van der Waals surface area contributed by atoms with E-state index in [0.717, 1.165) is 38.5 Å². The van der Waals surface area contributed by atoms with Gasteiger partial charge in [0.15, 0.2) is 11.0 Å². The zero-order chi connectivity index (χ0) is 20.5. The molecule has 7 heteroatoms. The van der Waals surface area contributed by atoms with Gasteiger partial charge in [0.25, 0.3) is 0 Å². The maximum Gasteiger partial charge on any atom is 0.233 e. The quantitative estimate of drug-likeness (QED) is 0.519. The lowest BCUT2D eigenvalue weighted by Crippen LogP contribution is -2.18. The molecule has 0 saturated carbocycles. The third-order valence-corrected chi connectivity index (χ3v) is 6.08. The summed E-state index contributed by atoms with van der Waals surface area (Å²) in [5.74, 6) is 1.28. The Hall–Kier alpha value is -3.19. The van der Waals surface area contributed by atoms with Crippen molar-refractivity contribution in [3.8, 4) is 16.5 Å². The summed E-state index contributed by atoms with van der Waals surface area (Å²) in [5, 5.41) is 5.70. The molecule has 1 amide bonds. The number of fused-ring (bicyclic) bond motifs is 1. The number of ether oxygens (including phenoxy) is 1. The normalized spacial score (nSPS) is 12.1. The molecule has 0 fully saturated rings. The number of nitrogens with zero attached hydrogens (tertiary/aromatic N) is 3. The van der Waals surface area contributed by atoms with Crippen molar-refractivity contribution < 1.29 is 9.53 Å². The van der Waals surface area contributed by atoms with Crippen molar-refractivity contribution >= 4 is 33.1 Å². The second-order valence-corrected chi connectivity index (χ2v) is 7.98. The average molecular weight is 407 g/mol. The van der Waals surface area contributed by atoms with E-state index in [1.807, 2.05) is 68.1 Å². The Labute approximate surface area is 173 Å². The van der Waals surface area contributed by atoms with Gasteiger partial charge in [0.05, 0.1) is 23.6 Å². The van der Waals surface area contributed by atoms with Gasteiger partial charge in [-0.15, -0.1) is 0 Å². The Kier molecular flexibility index (Phi) is 5.07. The van der Waals surface area contributed by atoms with E-state index in [0.29, 0.717) is 5.13 Å². The second kappa shape index (κ2) is 7.67. The minimum atomic E-state index is -0.303. The Morgan fingerprint density at radius 2 is 1.97 bits per heavy atom. The molecular formula is C22H22N4O2S. The third-order valence-electron chi connectivity index (χ3n) is 5.02. The first kappa shape index (κ1) is 19.1. The lowest BCUT2D eigenvalue weighted by atomic mass is 9.97. The first-order valence-corrected chi connectivity index (χ1v) is 10.1. The molecule has 2 heterocycles. The van der Waals surface area contributed by atoms with Crippen LogP contribution in [-0.2, 0) is 11.8 Å². The average Bonchev–Trinajstić information content (AvgIpc) is 3.30. The number of nitrogens with one attached hydrogen (secondary N) is 1. The highest BCUT2D eigenvalue weighted by molar-refractivity contribution is 7.19. The number of methoxy groups -OCH3 is 1. The maximum atomic E-state index is 12.8. The molecule has 2 aromatic carbocycles. The number of carbonyl (C=O) groups excluding carboxylic acids is 1. The largest absolute Gasteiger partial charge is 0.497 e. The molecule has 1 atom stereocenters. The highest BCUT2D eigenvalue weighted by atomic mass is 32.1. The van der Waals surface area contributed by atoms with Crippen LogP contribution >= 0.6 is 11.3 Å². The number of benzene rings is 2. The lowest BCUT2D eigenvalue weighted by Gasteiger charge is -2.12. The Morgan fingerprint density at radius 3 is 2.69 bits per heavy atom. The zero-order valence-electron chi connectivity index (χ0n) is 16.8. The molecule has 0 aliphatic heterocycles. The van der Waals surface area contributed by atoms with E-state index >= 15 is 0 Å². The molecule has 0 spiro atoms. The van der Waals surface area contributed by atoms with Crippen LogP contribution in [0.4, 0.5) is 5.13 Å². The van der Waals surface area contributed by atoms with Crippen LogP contribution in [0.2, 0.25) is 0 Å². The van der Waals surface area contributed by atoms with Crippen LogP contribution in [0, 0.1) is 6.92 Å². The fourth-order valence-corrected chi connectivity index (χ4v) is 4.25.